The second kappa shape index (κ2) is 5.10. The van der Waals surface area contributed by atoms with E-state index >= 15 is 0 Å². The molecule has 6 heteroatoms. The summed E-state index contributed by atoms with van der Waals surface area (Å²) in [7, 11) is 1.48. The number of ether oxygens (including phenoxy) is 1. The number of phenols is 1. The van der Waals surface area contributed by atoms with E-state index in [-0.39, 0.29) is 11.0 Å². The molecule has 3 rings (SSSR count). The van der Waals surface area contributed by atoms with Gasteiger partial charge in [-0.3, -0.25) is 0 Å². The minimum absolute atomic E-state index is 0.00158. The Morgan fingerprint density at radius 3 is 2.71 bits per heavy atom. The van der Waals surface area contributed by atoms with Crippen LogP contribution in [0.1, 0.15) is 0 Å². The van der Waals surface area contributed by atoms with Crippen molar-refractivity contribution in [3.63, 3.8) is 0 Å². The number of aromatic hydroxyl groups is 1. The Morgan fingerprint density at radius 1 is 1.19 bits per heavy atom. The lowest BCUT2D eigenvalue weighted by atomic mass is 10.1. The zero-order valence-electron chi connectivity index (χ0n) is 11.2. The number of fused-ring (bicyclic) bond motifs is 1. The quantitative estimate of drug-likeness (QED) is 0.561. The molecule has 0 bridgehead atoms. The summed E-state index contributed by atoms with van der Waals surface area (Å²) >= 11 is 5.97. The van der Waals surface area contributed by atoms with E-state index in [9.17, 15) is 5.11 Å². The number of methoxy groups -OCH3 is 1. The van der Waals surface area contributed by atoms with Crippen molar-refractivity contribution in [3.8, 4) is 22.8 Å². The van der Waals surface area contributed by atoms with Gasteiger partial charge in [-0.25, -0.2) is 9.97 Å². The molecule has 2 aromatic carbocycles. The van der Waals surface area contributed by atoms with Crippen LogP contribution in [-0.4, -0.2) is 22.2 Å². The molecule has 0 amide bonds. The van der Waals surface area contributed by atoms with Crippen LogP contribution in [0.3, 0.4) is 0 Å². The molecule has 0 saturated carbocycles. The number of halogens is 1. The third kappa shape index (κ3) is 2.43. The molecule has 0 aliphatic rings. The van der Waals surface area contributed by atoms with Gasteiger partial charge in [0.2, 0.25) is 5.28 Å². The summed E-state index contributed by atoms with van der Waals surface area (Å²) in [5, 5.41) is 10.7. The number of nitrogens with zero attached hydrogens (tertiary/aromatic N) is 2. The molecule has 1 heterocycles. The van der Waals surface area contributed by atoms with Gasteiger partial charge in [-0.2, -0.15) is 0 Å². The van der Waals surface area contributed by atoms with Crippen LogP contribution in [0.25, 0.3) is 22.2 Å². The normalized spacial score (nSPS) is 10.8. The van der Waals surface area contributed by atoms with E-state index in [0.717, 1.165) is 10.9 Å². The van der Waals surface area contributed by atoms with Crippen molar-refractivity contribution >= 4 is 28.2 Å². The summed E-state index contributed by atoms with van der Waals surface area (Å²) in [4.78, 5) is 8.41. The first kappa shape index (κ1) is 13.5. The van der Waals surface area contributed by atoms with E-state index in [0.29, 0.717) is 22.6 Å². The number of hydrogen-bond acceptors (Lipinski definition) is 5. The third-order valence-corrected chi connectivity index (χ3v) is 3.30. The topological polar surface area (TPSA) is 81.3 Å². The summed E-state index contributed by atoms with van der Waals surface area (Å²) in [5.41, 5.74) is 8.43. The number of nitrogen functional groups attached to an aromatic ring is 1. The van der Waals surface area contributed by atoms with Crippen molar-refractivity contribution in [1.82, 2.24) is 9.97 Å². The summed E-state index contributed by atoms with van der Waals surface area (Å²) < 4.78 is 5.13. The Morgan fingerprint density at radius 2 is 2.00 bits per heavy atom. The minimum atomic E-state index is -0.00158. The Bertz CT molecular complexity index is 837. The van der Waals surface area contributed by atoms with E-state index < -0.39 is 0 Å². The molecule has 0 unspecified atom stereocenters. The zero-order valence-corrected chi connectivity index (χ0v) is 11.9. The van der Waals surface area contributed by atoms with E-state index in [1.54, 1.807) is 18.2 Å². The Kier molecular flexibility index (Phi) is 3.27. The number of nitrogens with two attached hydrogens (primary N) is 1. The van der Waals surface area contributed by atoms with Crippen molar-refractivity contribution < 1.29 is 9.84 Å². The molecule has 106 valence electrons. The highest BCUT2D eigenvalue weighted by molar-refractivity contribution is 6.28. The first-order valence-electron chi connectivity index (χ1n) is 6.18. The number of rotatable bonds is 2. The van der Waals surface area contributed by atoms with Crippen LogP contribution in [0.15, 0.2) is 36.4 Å². The van der Waals surface area contributed by atoms with Crippen LogP contribution in [0, 0.1) is 0 Å². The lowest BCUT2D eigenvalue weighted by Crippen LogP contribution is -1.94. The van der Waals surface area contributed by atoms with E-state index in [1.165, 1.54) is 13.2 Å². The van der Waals surface area contributed by atoms with Crippen LogP contribution in [-0.2, 0) is 0 Å². The molecule has 0 radical (unpaired) electrons. The lowest BCUT2D eigenvalue weighted by molar-refractivity contribution is 0.374. The molecular formula is C15H12ClN3O2. The molecule has 0 aliphatic carbocycles. The fourth-order valence-electron chi connectivity index (χ4n) is 2.19. The maximum Gasteiger partial charge on any atom is 0.223 e. The Hall–Kier alpha value is -2.53. The predicted octanol–water partition coefficient (Wildman–Crippen LogP) is 3.25. The van der Waals surface area contributed by atoms with Gasteiger partial charge >= 0.3 is 0 Å². The fourth-order valence-corrected chi connectivity index (χ4v) is 2.36. The van der Waals surface area contributed by atoms with Crippen molar-refractivity contribution in [1.29, 1.82) is 0 Å². The average Bonchev–Trinajstić information content (AvgIpc) is 2.45. The van der Waals surface area contributed by atoms with Crippen LogP contribution in [0.2, 0.25) is 5.28 Å². The summed E-state index contributed by atoms with van der Waals surface area (Å²) in [6.07, 6.45) is 0. The molecule has 0 saturated heterocycles. The van der Waals surface area contributed by atoms with Gasteiger partial charge in [0, 0.05) is 22.7 Å². The third-order valence-electron chi connectivity index (χ3n) is 3.13. The maximum atomic E-state index is 9.86. The molecule has 0 aliphatic heterocycles. The van der Waals surface area contributed by atoms with Gasteiger partial charge in [-0.15, -0.1) is 0 Å². The van der Waals surface area contributed by atoms with Gasteiger partial charge in [-0.05, 0) is 29.8 Å². The van der Waals surface area contributed by atoms with Gasteiger partial charge in [0.25, 0.3) is 0 Å². The number of hydrogen-bond donors (Lipinski definition) is 2. The monoisotopic (exact) mass is 301 g/mol. The molecule has 0 atom stereocenters. The number of anilines is 1. The maximum absolute atomic E-state index is 9.86. The Balaban J connectivity index is 2.35. The van der Waals surface area contributed by atoms with Crippen LogP contribution >= 0.6 is 11.6 Å². The fraction of sp³-hybridized carbons (Fsp3) is 0.0667. The average molecular weight is 302 g/mol. The number of aromatic nitrogens is 2. The van der Waals surface area contributed by atoms with Crippen molar-refractivity contribution in [2.45, 2.75) is 0 Å². The Labute approximate surface area is 126 Å². The summed E-state index contributed by atoms with van der Waals surface area (Å²) in [6.45, 7) is 0. The first-order chi connectivity index (χ1) is 10.1. The predicted molar refractivity (Wildman–Crippen MR) is 82.6 cm³/mol. The summed E-state index contributed by atoms with van der Waals surface area (Å²) in [5.74, 6) is 0.344. The molecule has 5 nitrogen and oxygen atoms in total. The number of benzene rings is 2. The highest BCUT2D eigenvalue weighted by Gasteiger charge is 2.13. The van der Waals surface area contributed by atoms with Gasteiger partial charge in [0.05, 0.1) is 18.3 Å². The molecule has 3 aromatic rings. The molecule has 1 aromatic heterocycles. The largest absolute Gasteiger partial charge is 0.504 e. The number of phenolic OH excluding ortho intramolecular Hbond substituents is 1. The van der Waals surface area contributed by atoms with Gasteiger partial charge in [0.15, 0.2) is 11.5 Å². The van der Waals surface area contributed by atoms with Crippen LogP contribution in [0.4, 0.5) is 5.69 Å². The highest BCUT2D eigenvalue weighted by Crippen LogP contribution is 2.35. The SMILES string of the molecule is COc1cc2c(-c3cccc(N)c3)nc(Cl)nc2cc1O. The van der Waals surface area contributed by atoms with Gasteiger partial charge in [0.1, 0.15) is 0 Å². The first-order valence-corrected chi connectivity index (χ1v) is 6.56. The molecule has 0 spiro atoms. The molecule has 3 N–H and O–H groups in total. The standard InChI is InChI=1S/C15H12ClN3O2/c1-21-13-6-10-11(7-12(13)20)18-15(16)19-14(10)8-3-2-4-9(17)5-8/h2-7,20H,17H2,1H3. The second-order valence-electron chi connectivity index (χ2n) is 4.51. The second-order valence-corrected chi connectivity index (χ2v) is 4.85. The zero-order chi connectivity index (χ0) is 15.0. The van der Waals surface area contributed by atoms with Crippen LogP contribution in [0.5, 0.6) is 11.5 Å². The van der Waals surface area contributed by atoms with Crippen molar-refractivity contribution in [2.24, 2.45) is 0 Å². The van der Waals surface area contributed by atoms with E-state index in [4.69, 9.17) is 22.1 Å². The van der Waals surface area contributed by atoms with Crippen molar-refractivity contribution in [2.75, 3.05) is 12.8 Å². The smallest absolute Gasteiger partial charge is 0.223 e. The molecule has 0 fully saturated rings. The van der Waals surface area contributed by atoms with Crippen LogP contribution < -0.4 is 10.5 Å². The van der Waals surface area contributed by atoms with E-state index in [1.807, 2.05) is 12.1 Å². The van der Waals surface area contributed by atoms with Gasteiger partial charge in [-0.1, -0.05) is 12.1 Å². The lowest BCUT2D eigenvalue weighted by Gasteiger charge is -2.10. The highest BCUT2D eigenvalue weighted by atomic mass is 35.5. The van der Waals surface area contributed by atoms with Gasteiger partial charge < -0.3 is 15.6 Å². The van der Waals surface area contributed by atoms with E-state index in [2.05, 4.69) is 9.97 Å². The summed E-state index contributed by atoms with van der Waals surface area (Å²) in [6, 6.07) is 10.5. The molecular weight excluding hydrogens is 290 g/mol. The molecule has 21 heavy (non-hydrogen) atoms. The van der Waals surface area contributed by atoms with Crippen molar-refractivity contribution in [3.05, 3.63) is 41.7 Å². The minimum Gasteiger partial charge on any atom is -0.504 e.